The number of rotatable bonds is 8. The summed E-state index contributed by atoms with van der Waals surface area (Å²) in [5.41, 5.74) is 2.58. The van der Waals surface area contributed by atoms with Crippen LogP contribution in [0.1, 0.15) is 34.8 Å². The van der Waals surface area contributed by atoms with Gasteiger partial charge in [0.15, 0.2) is 0 Å². The fourth-order valence-electron chi connectivity index (χ4n) is 2.78. The fourth-order valence-corrected chi connectivity index (χ4v) is 2.78. The van der Waals surface area contributed by atoms with E-state index < -0.39 is 0 Å². The number of carbonyl (C=O) groups excluding carboxylic acids is 1. The number of ether oxygens (including phenoxy) is 1. The van der Waals surface area contributed by atoms with Crippen LogP contribution >= 0.6 is 0 Å². The Morgan fingerprint density at radius 3 is 2.54 bits per heavy atom. The Kier molecular flexibility index (Phi) is 6.63. The molecule has 0 aliphatic heterocycles. The first-order valence-electron chi connectivity index (χ1n) is 9.40. The summed E-state index contributed by atoms with van der Waals surface area (Å²) < 4.78 is 7.23. The van der Waals surface area contributed by atoms with Crippen molar-refractivity contribution in [2.45, 2.75) is 26.4 Å². The smallest absolute Gasteiger partial charge is 0.251 e. The van der Waals surface area contributed by atoms with Crippen LogP contribution in [0, 0.1) is 0 Å². The number of carbonyl (C=O) groups is 1. The molecular weight excluding hydrogens is 352 g/mol. The van der Waals surface area contributed by atoms with Gasteiger partial charge < -0.3 is 14.6 Å². The third-order valence-electron chi connectivity index (χ3n) is 4.30. The van der Waals surface area contributed by atoms with Gasteiger partial charge in [-0.05, 0) is 41.8 Å². The third kappa shape index (κ3) is 5.33. The number of amides is 1. The first-order valence-corrected chi connectivity index (χ1v) is 9.40. The standard InChI is InChI=1S/C23H24N2O3/c1-2-14-28-21-7-5-6-20(15-21)23(27)24-16-18-9-11-19(12-10-18)17-25-13-4-3-8-22(25)26/h3-13,15H,2,14,16-17H2,1H3,(H,24,27). The molecule has 0 saturated heterocycles. The predicted molar refractivity (Wildman–Crippen MR) is 110 cm³/mol. The van der Waals surface area contributed by atoms with Crippen LogP contribution in [0.4, 0.5) is 0 Å². The van der Waals surface area contributed by atoms with E-state index in [4.69, 9.17) is 4.74 Å². The summed E-state index contributed by atoms with van der Waals surface area (Å²) in [7, 11) is 0. The van der Waals surface area contributed by atoms with Crippen LogP contribution in [0.15, 0.2) is 77.7 Å². The lowest BCUT2D eigenvalue weighted by Crippen LogP contribution is -2.22. The molecule has 1 N–H and O–H groups in total. The number of pyridine rings is 1. The average molecular weight is 376 g/mol. The van der Waals surface area contributed by atoms with Gasteiger partial charge in [-0.3, -0.25) is 9.59 Å². The van der Waals surface area contributed by atoms with Crippen molar-refractivity contribution in [2.24, 2.45) is 0 Å². The van der Waals surface area contributed by atoms with Crippen molar-refractivity contribution in [2.75, 3.05) is 6.61 Å². The topological polar surface area (TPSA) is 60.3 Å². The second-order valence-electron chi connectivity index (χ2n) is 6.54. The van der Waals surface area contributed by atoms with E-state index in [1.807, 2.05) is 49.4 Å². The van der Waals surface area contributed by atoms with Crippen molar-refractivity contribution < 1.29 is 9.53 Å². The molecule has 28 heavy (non-hydrogen) atoms. The van der Waals surface area contributed by atoms with Gasteiger partial charge >= 0.3 is 0 Å². The number of nitrogens with one attached hydrogen (secondary N) is 1. The highest BCUT2D eigenvalue weighted by atomic mass is 16.5. The van der Waals surface area contributed by atoms with Gasteiger partial charge in [0.05, 0.1) is 13.2 Å². The highest BCUT2D eigenvalue weighted by molar-refractivity contribution is 5.94. The number of nitrogens with zero attached hydrogens (tertiary/aromatic N) is 1. The van der Waals surface area contributed by atoms with Crippen LogP contribution in [0.3, 0.4) is 0 Å². The van der Waals surface area contributed by atoms with Gasteiger partial charge in [0.25, 0.3) is 11.5 Å². The summed E-state index contributed by atoms with van der Waals surface area (Å²) in [4.78, 5) is 24.2. The molecule has 0 aliphatic rings. The first kappa shape index (κ1) is 19.4. The van der Waals surface area contributed by atoms with Crippen LogP contribution in [0.25, 0.3) is 0 Å². The van der Waals surface area contributed by atoms with Crippen LogP contribution in [-0.4, -0.2) is 17.1 Å². The minimum atomic E-state index is -0.137. The predicted octanol–water partition coefficient (Wildman–Crippen LogP) is 3.62. The molecule has 2 aromatic carbocycles. The van der Waals surface area contributed by atoms with Crippen molar-refractivity contribution in [1.29, 1.82) is 0 Å². The molecule has 0 atom stereocenters. The number of benzene rings is 2. The van der Waals surface area contributed by atoms with Gasteiger partial charge in [0, 0.05) is 24.4 Å². The normalized spacial score (nSPS) is 10.5. The van der Waals surface area contributed by atoms with Gasteiger partial charge in [-0.15, -0.1) is 0 Å². The lowest BCUT2D eigenvalue weighted by molar-refractivity contribution is 0.0950. The summed E-state index contributed by atoms with van der Waals surface area (Å²) in [5, 5.41) is 2.93. The summed E-state index contributed by atoms with van der Waals surface area (Å²) in [6.07, 6.45) is 2.69. The SMILES string of the molecule is CCCOc1cccc(C(=O)NCc2ccc(Cn3ccccc3=O)cc2)c1. The Balaban J connectivity index is 1.57. The molecule has 3 rings (SSSR count). The van der Waals surface area contributed by atoms with E-state index in [1.165, 1.54) is 0 Å². The van der Waals surface area contributed by atoms with Crippen LogP contribution < -0.4 is 15.6 Å². The quantitative estimate of drug-likeness (QED) is 0.653. The molecule has 1 heterocycles. The van der Waals surface area contributed by atoms with Crippen LogP contribution in [0.2, 0.25) is 0 Å². The lowest BCUT2D eigenvalue weighted by Gasteiger charge is -2.09. The maximum Gasteiger partial charge on any atom is 0.251 e. The molecule has 0 fully saturated rings. The monoisotopic (exact) mass is 376 g/mol. The van der Waals surface area contributed by atoms with Crippen molar-refractivity contribution in [3.8, 4) is 5.75 Å². The summed E-state index contributed by atoms with van der Waals surface area (Å²) in [6, 6.07) is 20.2. The van der Waals surface area contributed by atoms with Gasteiger partial charge in [0.2, 0.25) is 0 Å². The molecule has 5 heteroatoms. The van der Waals surface area contributed by atoms with Crippen molar-refractivity contribution in [3.05, 3.63) is 100.0 Å². The number of aromatic nitrogens is 1. The van der Waals surface area contributed by atoms with Crippen molar-refractivity contribution in [1.82, 2.24) is 9.88 Å². The van der Waals surface area contributed by atoms with E-state index >= 15 is 0 Å². The largest absolute Gasteiger partial charge is 0.494 e. The van der Waals surface area contributed by atoms with Crippen LogP contribution in [-0.2, 0) is 13.1 Å². The van der Waals surface area contributed by atoms with Crippen molar-refractivity contribution in [3.63, 3.8) is 0 Å². The zero-order chi connectivity index (χ0) is 19.8. The highest BCUT2D eigenvalue weighted by Crippen LogP contribution is 2.14. The van der Waals surface area contributed by atoms with Crippen molar-refractivity contribution >= 4 is 5.91 Å². The minimum absolute atomic E-state index is 0.0241. The third-order valence-corrected chi connectivity index (χ3v) is 4.30. The van der Waals surface area contributed by atoms with E-state index in [1.54, 1.807) is 35.0 Å². The minimum Gasteiger partial charge on any atom is -0.494 e. The van der Waals surface area contributed by atoms with Gasteiger partial charge in [-0.2, -0.15) is 0 Å². The Hall–Kier alpha value is -3.34. The molecule has 0 radical (unpaired) electrons. The summed E-state index contributed by atoms with van der Waals surface area (Å²) in [5.74, 6) is 0.567. The van der Waals surface area contributed by atoms with Gasteiger partial charge in [-0.1, -0.05) is 43.3 Å². The second-order valence-corrected chi connectivity index (χ2v) is 6.54. The maximum absolute atomic E-state index is 12.4. The maximum atomic E-state index is 12.4. The van der Waals surface area contributed by atoms with Gasteiger partial charge in [-0.25, -0.2) is 0 Å². The van der Waals surface area contributed by atoms with E-state index in [2.05, 4.69) is 5.32 Å². The Labute approximate surface area is 164 Å². The summed E-state index contributed by atoms with van der Waals surface area (Å²) >= 11 is 0. The first-order chi connectivity index (χ1) is 13.7. The molecule has 1 amide bonds. The molecule has 144 valence electrons. The molecule has 3 aromatic rings. The molecule has 0 spiro atoms. The molecule has 0 aliphatic carbocycles. The molecule has 0 unspecified atom stereocenters. The number of hydrogen-bond donors (Lipinski definition) is 1. The molecule has 5 nitrogen and oxygen atoms in total. The summed E-state index contributed by atoms with van der Waals surface area (Å²) in [6.45, 7) is 3.63. The van der Waals surface area contributed by atoms with E-state index in [0.717, 1.165) is 17.5 Å². The number of hydrogen-bond acceptors (Lipinski definition) is 3. The Bertz CT molecular complexity index is 977. The van der Waals surface area contributed by atoms with E-state index in [0.29, 0.717) is 31.0 Å². The highest BCUT2D eigenvalue weighted by Gasteiger charge is 2.07. The van der Waals surface area contributed by atoms with Gasteiger partial charge in [0.1, 0.15) is 5.75 Å². The molecule has 0 saturated carbocycles. The lowest BCUT2D eigenvalue weighted by atomic mass is 10.1. The van der Waals surface area contributed by atoms with Crippen LogP contribution in [0.5, 0.6) is 5.75 Å². The Morgan fingerprint density at radius 2 is 1.79 bits per heavy atom. The average Bonchev–Trinajstić information content (AvgIpc) is 2.73. The van der Waals surface area contributed by atoms with E-state index in [9.17, 15) is 9.59 Å². The fraction of sp³-hybridized carbons (Fsp3) is 0.217. The zero-order valence-corrected chi connectivity index (χ0v) is 15.9. The van der Waals surface area contributed by atoms with E-state index in [-0.39, 0.29) is 11.5 Å². The Morgan fingerprint density at radius 1 is 1.00 bits per heavy atom. The second kappa shape index (κ2) is 9.55. The molecular formula is C23H24N2O3. The zero-order valence-electron chi connectivity index (χ0n) is 15.9. The molecule has 0 bridgehead atoms. The molecule has 1 aromatic heterocycles.